The van der Waals surface area contributed by atoms with Crippen LogP contribution in [0.4, 0.5) is 5.69 Å². The molecule has 2 aliphatic heterocycles. The third kappa shape index (κ3) is 4.22. The van der Waals surface area contributed by atoms with Crippen LogP contribution in [0, 0.1) is 5.92 Å². The van der Waals surface area contributed by atoms with Gasteiger partial charge in [0.15, 0.2) is 0 Å². The number of aromatic hydroxyl groups is 1. The van der Waals surface area contributed by atoms with Crippen LogP contribution in [0.2, 0.25) is 0 Å². The summed E-state index contributed by atoms with van der Waals surface area (Å²) in [7, 11) is 0. The Bertz CT molecular complexity index is 649. The van der Waals surface area contributed by atoms with Crippen molar-refractivity contribution in [2.75, 3.05) is 44.2 Å². The predicted molar refractivity (Wildman–Crippen MR) is 101 cm³/mol. The maximum Gasteiger partial charge on any atom is 0.307 e. The van der Waals surface area contributed by atoms with E-state index in [4.69, 9.17) is 5.11 Å². The van der Waals surface area contributed by atoms with Crippen LogP contribution in [0.25, 0.3) is 0 Å². The molecule has 0 radical (unpaired) electrons. The molecular weight excluding hydrogens is 358 g/mol. The second-order valence-corrected chi connectivity index (χ2v) is 6.80. The molecule has 8 heteroatoms. The summed E-state index contributed by atoms with van der Waals surface area (Å²) in [6.07, 6.45) is 0.605. The van der Waals surface area contributed by atoms with Crippen LogP contribution in [0.3, 0.4) is 0 Å². The molecule has 1 aromatic carbocycles. The topological polar surface area (TPSA) is 84.3 Å². The van der Waals surface area contributed by atoms with Crippen LogP contribution in [-0.4, -0.2) is 77.2 Å². The van der Waals surface area contributed by atoms with E-state index in [0.29, 0.717) is 45.7 Å². The van der Waals surface area contributed by atoms with Gasteiger partial charge in [-0.1, -0.05) is 12.1 Å². The number of benzene rings is 1. The Balaban J connectivity index is 0.00000243. The number of nitrogens with zero attached hydrogens (tertiary/aromatic N) is 3. The van der Waals surface area contributed by atoms with Gasteiger partial charge in [-0.05, 0) is 32.0 Å². The number of phenolic OH excluding ortho intramolecular Hbond substituents is 1. The fourth-order valence-electron chi connectivity index (χ4n) is 3.66. The van der Waals surface area contributed by atoms with E-state index in [1.165, 1.54) is 0 Å². The number of likely N-dealkylation sites (tertiary alicyclic amines) is 1. The lowest BCUT2D eigenvalue weighted by atomic mass is 10.1. The van der Waals surface area contributed by atoms with Gasteiger partial charge in [0.1, 0.15) is 5.75 Å². The number of piperazine rings is 1. The third-order valence-corrected chi connectivity index (χ3v) is 5.29. The molecule has 1 aromatic rings. The normalized spacial score (nSPS) is 22.0. The van der Waals surface area contributed by atoms with Gasteiger partial charge in [0.25, 0.3) is 0 Å². The summed E-state index contributed by atoms with van der Waals surface area (Å²) in [5.74, 6) is -0.831. The summed E-state index contributed by atoms with van der Waals surface area (Å²) < 4.78 is 0. The first-order valence-corrected chi connectivity index (χ1v) is 8.76. The first-order valence-electron chi connectivity index (χ1n) is 8.76. The zero-order valence-electron chi connectivity index (χ0n) is 14.9. The average Bonchev–Trinajstić information content (AvgIpc) is 3.11. The van der Waals surface area contributed by atoms with Crippen molar-refractivity contribution in [2.45, 2.75) is 19.4 Å². The Morgan fingerprint density at radius 1 is 1.12 bits per heavy atom. The fraction of sp³-hybridized carbons (Fsp3) is 0.556. The molecule has 1 amide bonds. The SMILES string of the molecule is CC(C(=O)N1CCN(c2ccccc2O)CC1)N1CCC(C(=O)O)C1.Cl. The number of hydrogen-bond donors (Lipinski definition) is 2. The van der Waals surface area contributed by atoms with Gasteiger partial charge >= 0.3 is 5.97 Å². The van der Waals surface area contributed by atoms with Crippen molar-refractivity contribution in [3.63, 3.8) is 0 Å². The van der Waals surface area contributed by atoms with Gasteiger partial charge in [0.2, 0.25) is 5.91 Å². The van der Waals surface area contributed by atoms with Crippen molar-refractivity contribution in [3.05, 3.63) is 24.3 Å². The molecule has 144 valence electrons. The first-order chi connectivity index (χ1) is 12.0. The number of carbonyl (C=O) groups excluding carboxylic acids is 1. The van der Waals surface area contributed by atoms with Crippen molar-refractivity contribution < 1.29 is 19.8 Å². The quantitative estimate of drug-likeness (QED) is 0.814. The van der Waals surface area contributed by atoms with Crippen molar-refractivity contribution in [3.8, 4) is 5.75 Å². The van der Waals surface area contributed by atoms with Gasteiger partial charge in [0.05, 0.1) is 17.6 Å². The van der Waals surface area contributed by atoms with Gasteiger partial charge in [0, 0.05) is 32.7 Å². The van der Waals surface area contributed by atoms with Crippen LogP contribution in [0.5, 0.6) is 5.75 Å². The van der Waals surface area contributed by atoms with Gasteiger partial charge in [-0.2, -0.15) is 0 Å². The zero-order chi connectivity index (χ0) is 18.0. The molecule has 0 spiro atoms. The molecule has 2 N–H and O–H groups in total. The maximum absolute atomic E-state index is 12.7. The standard InChI is InChI=1S/C18H25N3O4.ClH/c1-13(21-7-6-14(12-21)18(24)25)17(23)20-10-8-19(9-11-20)15-4-2-3-5-16(15)22;/h2-5,13-14,22H,6-12H2,1H3,(H,24,25);1H. The smallest absolute Gasteiger partial charge is 0.307 e. The monoisotopic (exact) mass is 383 g/mol. The minimum Gasteiger partial charge on any atom is -0.506 e. The minimum atomic E-state index is -0.779. The molecule has 26 heavy (non-hydrogen) atoms. The Morgan fingerprint density at radius 2 is 1.77 bits per heavy atom. The summed E-state index contributed by atoms with van der Waals surface area (Å²) in [6, 6.07) is 6.94. The Kier molecular flexibility index (Phi) is 6.72. The summed E-state index contributed by atoms with van der Waals surface area (Å²) in [6.45, 7) is 5.52. The van der Waals surface area contributed by atoms with Gasteiger partial charge in [-0.15, -0.1) is 12.4 Å². The highest BCUT2D eigenvalue weighted by molar-refractivity contribution is 5.85. The molecule has 2 unspecified atom stereocenters. The molecule has 2 saturated heterocycles. The molecule has 0 bridgehead atoms. The highest BCUT2D eigenvalue weighted by atomic mass is 35.5. The number of carboxylic acids is 1. The summed E-state index contributed by atoms with van der Waals surface area (Å²) in [4.78, 5) is 29.7. The van der Waals surface area contributed by atoms with Gasteiger partial charge in [-0.3, -0.25) is 14.5 Å². The summed E-state index contributed by atoms with van der Waals surface area (Å²) in [5, 5.41) is 19.1. The highest BCUT2D eigenvalue weighted by Gasteiger charge is 2.35. The fourth-order valence-corrected chi connectivity index (χ4v) is 3.66. The molecule has 2 aliphatic rings. The molecule has 0 aliphatic carbocycles. The molecule has 2 fully saturated rings. The van der Waals surface area contributed by atoms with Crippen LogP contribution in [-0.2, 0) is 9.59 Å². The lowest BCUT2D eigenvalue weighted by molar-refractivity contribution is -0.142. The van der Waals surface area contributed by atoms with E-state index in [0.717, 1.165) is 5.69 Å². The number of aliphatic carboxylic acids is 1. The molecule has 0 aromatic heterocycles. The van der Waals surface area contributed by atoms with Crippen LogP contribution in [0.15, 0.2) is 24.3 Å². The second kappa shape index (κ2) is 8.60. The molecular formula is C18H26ClN3O4. The van der Waals surface area contributed by atoms with Gasteiger partial charge in [-0.25, -0.2) is 0 Å². The van der Waals surface area contributed by atoms with Crippen LogP contribution in [0.1, 0.15) is 13.3 Å². The van der Waals surface area contributed by atoms with Crippen molar-refractivity contribution >= 4 is 30.0 Å². The second-order valence-electron chi connectivity index (χ2n) is 6.80. The number of halogens is 1. The van der Waals surface area contributed by atoms with E-state index in [2.05, 4.69) is 4.90 Å². The minimum absolute atomic E-state index is 0. The Morgan fingerprint density at radius 3 is 2.35 bits per heavy atom. The Hall–Kier alpha value is -1.99. The van der Waals surface area contributed by atoms with Crippen molar-refractivity contribution in [2.24, 2.45) is 5.92 Å². The maximum atomic E-state index is 12.7. The Labute approximate surface area is 159 Å². The lowest BCUT2D eigenvalue weighted by Gasteiger charge is -2.38. The number of hydrogen-bond acceptors (Lipinski definition) is 5. The van der Waals surface area contributed by atoms with Crippen molar-refractivity contribution in [1.82, 2.24) is 9.80 Å². The number of phenols is 1. The van der Waals surface area contributed by atoms with E-state index in [9.17, 15) is 14.7 Å². The number of rotatable bonds is 4. The van der Waals surface area contributed by atoms with Crippen LogP contribution < -0.4 is 4.90 Å². The average molecular weight is 384 g/mol. The van der Waals surface area contributed by atoms with Crippen molar-refractivity contribution in [1.29, 1.82) is 0 Å². The van der Waals surface area contributed by atoms with E-state index < -0.39 is 5.97 Å². The molecule has 2 heterocycles. The first kappa shape index (κ1) is 20.3. The molecule has 7 nitrogen and oxygen atoms in total. The van der Waals surface area contributed by atoms with E-state index in [1.807, 2.05) is 28.9 Å². The zero-order valence-corrected chi connectivity index (χ0v) is 15.7. The van der Waals surface area contributed by atoms with Crippen LogP contribution >= 0.6 is 12.4 Å². The van der Waals surface area contributed by atoms with E-state index in [-0.39, 0.29) is 36.0 Å². The number of amides is 1. The summed E-state index contributed by atoms with van der Waals surface area (Å²) >= 11 is 0. The number of para-hydroxylation sites is 2. The molecule has 2 atom stereocenters. The lowest BCUT2D eigenvalue weighted by Crippen LogP contribution is -2.54. The van der Waals surface area contributed by atoms with Gasteiger partial charge < -0.3 is 20.0 Å². The largest absolute Gasteiger partial charge is 0.506 e. The predicted octanol–water partition coefficient (Wildman–Crippen LogP) is 1.26. The molecule has 3 rings (SSSR count). The third-order valence-electron chi connectivity index (χ3n) is 5.29. The summed E-state index contributed by atoms with van der Waals surface area (Å²) in [5.41, 5.74) is 0.798. The van der Waals surface area contributed by atoms with E-state index in [1.54, 1.807) is 12.1 Å². The number of carboxylic acid groups (broad SMARTS) is 1. The number of carbonyl (C=O) groups is 2. The van der Waals surface area contributed by atoms with E-state index >= 15 is 0 Å². The highest BCUT2D eigenvalue weighted by Crippen LogP contribution is 2.27. The number of anilines is 1. The molecule has 0 saturated carbocycles.